The van der Waals surface area contributed by atoms with Crippen LogP contribution in [0.1, 0.15) is 26.3 Å². The summed E-state index contributed by atoms with van der Waals surface area (Å²) >= 11 is -1.60. The minimum absolute atomic E-state index is 0.00555. The van der Waals surface area contributed by atoms with E-state index in [0.29, 0.717) is 0 Å². The molecule has 1 heterocycles. The summed E-state index contributed by atoms with van der Waals surface area (Å²) in [5.74, 6) is -0.597. The van der Waals surface area contributed by atoms with Gasteiger partial charge < -0.3 is 9.29 Å². The molecule has 1 aromatic carbocycles. The molecule has 0 N–H and O–H groups in total. The first-order valence-corrected chi connectivity index (χ1v) is 6.97. The minimum Gasteiger partial charge on any atom is -0.591 e. The van der Waals surface area contributed by atoms with Gasteiger partial charge in [0.1, 0.15) is 28.4 Å². The van der Waals surface area contributed by atoms with E-state index >= 15 is 0 Å². The maximum absolute atomic E-state index is 13.9. The topological polar surface area (TPSA) is 44.7 Å². The molecule has 104 valence electrons. The summed E-state index contributed by atoms with van der Waals surface area (Å²) in [6.45, 7) is 4.92. The summed E-state index contributed by atoms with van der Waals surface area (Å²) in [6, 6.07) is 4.20. The van der Waals surface area contributed by atoms with Gasteiger partial charge in [-0.15, -0.1) is 0 Å². The molecule has 0 spiro atoms. The molecule has 0 aromatic heterocycles. The molecule has 0 unspecified atom stereocenters. The average molecular weight is 287 g/mol. The molecular weight excluding hydrogens is 272 g/mol. The Bertz CT molecular complexity index is 514. The number of hydrogen-bond acceptors (Lipinski definition) is 3. The number of alkyl halides is 1. The van der Waals surface area contributed by atoms with Crippen molar-refractivity contribution in [1.82, 2.24) is 0 Å². The fraction of sp³-hybridized carbons (Fsp3) is 0.462. The van der Waals surface area contributed by atoms with Gasteiger partial charge >= 0.3 is 0 Å². The highest BCUT2D eigenvalue weighted by Gasteiger charge is 2.34. The Balaban J connectivity index is 2.47. The second-order valence-electron chi connectivity index (χ2n) is 5.23. The van der Waals surface area contributed by atoms with Crippen LogP contribution in [-0.2, 0) is 11.4 Å². The number of nitrogens with zero attached hydrogens (tertiary/aromatic N) is 1. The molecular formula is C13H15F2NO2S. The van der Waals surface area contributed by atoms with Crippen LogP contribution in [0, 0.1) is 5.82 Å². The molecule has 6 heteroatoms. The van der Waals surface area contributed by atoms with Gasteiger partial charge in [0.25, 0.3) is 0 Å². The van der Waals surface area contributed by atoms with Gasteiger partial charge in [0, 0.05) is 5.56 Å². The van der Waals surface area contributed by atoms with E-state index in [9.17, 15) is 13.3 Å². The highest BCUT2D eigenvalue weighted by molar-refractivity contribution is 7.91. The lowest BCUT2D eigenvalue weighted by Gasteiger charge is -2.24. The molecule has 0 radical (unpaired) electrons. The molecule has 0 saturated heterocycles. The highest BCUT2D eigenvalue weighted by atomic mass is 32.2. The van der Waals surface area contributed by atoms with Crippen LogP contribution in [0.25, 0.3) is 0 Å². The van der Waals surface area contributed by atoms with Crippen molar-refractivity contribution in [3.63, 3.8) is 0 Å². The van der Waals surface area contributed by atoms with Crippen LogP contribution in [0.2, 0.25) is 0 Å². The van der Waals surface area contributed by atoms with Crippen molar-refractivity contribution in [1.29, 1.82) is 0 Å². The van der Waals surface area contributed by atoms with Gasteiger partial charge in [0.2, 0.25) is 0 Å². The molecule has 2 rings (SSSR count). The van der Waals surface area contributed by atoms with Gasteiger partial charge in [-0.3, -0.25) is 0 Å². The fourth-order valence-corrected chi connectivity index (χ4v) is 2.26. The number of fused-ring (bicyclic) bond motifs is 1. The Morgan fingerprint density at radius 3 is 2.74 bits per heavy atom. The zero-order valence-corrected chi connectivity index (χ0v) is 11.8. The summed E-state index contributed by atoms with van der Waals surface area (Å²) < 4.78 is 47.8. The normalized spacial score (nSPS) is 22.8. The SMILES string of the molecule is CC(C)(C)[S@@+]([O-])N=C1c2cccc(F)c2OC[C@H]1F. The van der Waals surface area contributed by atoms with E-state index in [0.717, 1.165) is 0 Å². The average Bonchev–Trinajstić information content (AvgIpc) is 2.31. The third-order valence-corrected chi connectivity index (χ3v) is 4.03. The van der Waals surface area contributed by atoms with Crippen molar-refractivity contribution < 1.29 is 18.1 Å². The zero-order chi connectivity index (χ0) is 14.2. The maximum atomic E-state index is 13.9. The minimum atomic E-state index is -1.60. The predicted octanol–water partition coefficient (Wildman–Crippen LogP) is 2.81. The van der Waals surface area contributed by atoms with Crippen LogP contribution < -0.4 is 4.74 Å². The van der Waals surface area contributed by atoms with Gasteiger partial charge in [-0.25, -0.2) is 8.78 Å². The summed E-state index contributed by atoms with van der Waals surface area (Å²) in [4.78, 5) is 0. The first-order valence-electron chi connectivity index (χ1n) is 5.87. The van der Waals surface area contributed by atoms with Gasteiger partial charge in [-0.1, -0.05) is 10.5 Å². The first-order chi connectivity index (χ1) is 8.80. The Kier molecular flexibility index (Phi) is 3.82. The summed E-state index contributed by atoms with van der Waals surface area (Å²) in [6.07, 6.45) is -1.50. The molecule has 2 atom stereocenters. The molecule has 1 aliphatic rings. The number of rotatable bonds is 1. The molecule has 3 nitrogen and oxygen atoms in total. The van der Waals surface area contributed by atoms with E-state index in [-0.39, 0.29) is 23.6 Å². The lowest BCUT2D eigenvalue weighted by Crippen LogP contribution is -2.34. The third-order valence-electron chi connectivity index (χ3n) is 2.62. The summed E-state index contributed by atoms with van der Waals surface area (Å²) in [7, 11) is 0. The predicted molar refractivity (Wildman–Crippen MR) is 71.2 cm³/mol. The molecule has 1 aliphatic heterocycles. The van der Waals surface area contributed by atoms with Crippen molar-refractivity contribution in [3.8, 4) is 5.75 Å². The van der Waals surface area contributed by atoms with Crippen molar-refractivity contribution in [3.05, 3.63) is 29.6 Å². The van der Waals surface area contributed by atoms with Gasteiger partial charge in [0.05, 0.1) is 0 Å². The lowest BCUT2D eigenvalue weighted by atomic mass is 10.0. The number of hydrogen-bond donors (Lipinski definition) is 0. The van der Waals surface area contributed by atoms with Crippen LogP contribution in [0.4, 0.5) is 8.78 Å². The molecule has 1 aromatic rings. The van der Waals surface area contributed by atoms with Crippen LogP contribution in [0.3, 0.4) is 0 Å². The van der Waals surface area contributed by atoms with E-state index in [4.69, 9.17) is 4.74 Å². The second-order valence-corrected chi connectivity index (χ2v) is 7.14. The third kappa shape index (κ3) is 2.90. The largest absolute Gasteiger partial charge is 0.591 e. The van der Waals surface area contributed by atoms with Crippen molar-refractivity contribution in [2.24, 2.45) is 4.40 Å². The van der Waals surface area contributed by atoms with Crippen molar-refractivity contribution in [2.75, 3.05) is 6.61 Å². The summed E-state index contributed by atoms with van der Waals surface area (Å²) in [5.41, 5.74) is 0.227. The van der Waals surface area contributed by atoms with E-state index in [1.807, 2.05) is 0 Å². The van der Waals surface area contributed by atoms with Crippen LogP contribution >= 0.6 is 0 Å². The molecule has 19 heavy (non-hydrogen) atoms. The highest BCUT2D eigenvalue weighted by Crippen LogP contribution is 2.30. The molecule has 0 bridgehead atoms. The van der Waals surface area contributed by atoms with E-state index in [2.05, 4.69) is 4.40 Å². The molecule has 0 amide bonds. The molecule has 0 saturated carbocycles. The second kappa shape index (κ2) is 5.09. The molecule has 0 aliphatic carbocycles. The fourth-order valence-electron chi connectivity index (χ4n) is 1.59. The van der Waals surface area contributed by atoms with Crippen LogP contribution in [0.5, 0.6) is 5.75 Å². The Labute approximate surface area is 114 Å². The zero-order valence-electron chi connectivity index (χ0n) is 10.9. The van der Waals surface area contributed by atoms with E-state index in [1.165, 1.54) is 18.2 Å². The standard InChI is InChI=1S/C13H15F2NO2S/c1-13(2,3)19(17)16-11-8-5-4-6-9(14)12(8)18-7-10(11)15/h4-6,10H,7H2,1-3H3/t10-,19-/m1/s1. The number of benzene rings is 1. The van der Waals surface area contributed by atoms with Gasteiger partial charge in [-0.2, -0.15) is 0 Å². The van der Waals surface area contributed by atoms with Crippen molar-refractivity contribution in [2.45, 2.75) is 31.7 Å². The number of para-hydroxylation sites is 1. The lowest BCUT2D eigenvalue weighted by molar-refractivity contribution is 0.222. The van der Waals surface area contributed by atoms with Gasteiger partial charge in [0.15, 0.2) is 17.7 Å². The monoisotopic (exact) mass is 287 g/mol. The molecule has 0 fully saturated rings. The Hall–Kier alpha value is -1.14. The number of halogens is 2. The number of ether oxygens (including phenoxy) is 1. The first kappa shape index (κ1) is 14.3. The quantitative estimate of drug-likeness (QED) is 0.746. The van der Waals surface area contributed by atoms with E-state index < -0.39 is 28.1 Å². The van der Waals surface area contributed by atoms with Crippen molar-refractivity contribution >= 4 is 17.1 Å². The Morgan fingerprint density at radius 1 is 1.42 bits per heavy atom. The van der Waals surface area contributed by atoms with E-state index in [1.54, 1.807) is 20.8 Å². The smallest absolute Gasteiger partial charge is 0.181 e. The summed E-state index contributed by atoms with van der Waals surface area (Å²) in [5, 5.41) is 0. The van der Waals surface area contributed by atoms with Crippen LogP contribution in [0.15, 0.2) is 22.6 Å². The Morgan fingerprint density at radius 2 is 2.11 bits per heavy atom. The van der Waals surface area contributed by atoms with Crippen LogP contribution in [-0.4, -0.2) is 27.8 Å². The maximum Gasteiger partial charge on any atom is 0.181 e. The van der Waals surface area contributed by atoms with Gasteiger partial charge in [-0.05, 0) is 32.9 Å².